The van der Waals surface area contributed by atoms with Gasteiger partial charge in [-0.1, -0.05) is 91.0 Å². The Hall–Kier alpha value is -6.45. The number of benzene rings is 4. The first-order valence-corrected chi connectivity index (χ1v) is 22.7. The van der Waals surface area contributed by atoms with E-state index >= 15 is 0 Å². The second-order valence-electron chi connectivity index (χ2n) is 16.4. The molecule has 0 fully saturated rings. The first-order chi connectivity index (χ1) is 31.3. The standard InChI is InChI=1S/C45H51N9O9S3/c1-43(2,64-52-61)34(40(58)46-25-28-16-10-7-11-17-28)49-37(55)31-22-32(38(56)50-35(44(3,4)65-53-62)41(59)47-26-29-18-12-8-13-19-29)24-33(23-31)39(57)51-36(45(5,6)66-54-63)42(60)48-27-30-20-14-9-15-21-30/h7-24,34-36H,25-27H2,1-6H3,(H,46,58)(H,47,59)(H,48,60)(H,49,55)(H,50,56)(H,51,57). The van der Waals surface area contributed by atoms with Crippen LogP contribution in [0.25, 0.3) is 0 Å². The molecule has 0 aliphatic rings. The average Bonchev–Trinajstić information content (AvgIpc) is 3.29. The Bertz CT molecular complexity index is 2100. The minimum absolute atomic E-state index is 0.0734. The van der Waals surface area contributed by atoms with Crippen LogP contribution < -0.4 is 31.9 Å². The van der Waals surface area contributed by atoms with Gasteiger partial charge in [0.25, 0.3) is 17.7 Å². The van der Waals surface area contributed by atoms with Crippen molar-refractivity contribution in [3.05, 3.63) is 157 Å². The quantitative estimate of drug-likeness (QED) is 0.0324. The number of hydrogen-bond acceptors (Lipinski definition) is 15. The van der Waals surface area contributed by atoms with Crippen LogP contribution in [0.15, 0.2) is 123 Å². The van der Waals surface area contributed by atoms with Crippen LogP contribution in [0, 0.1) is 14.7 Å². The molecule has 4 aromatic rings. The predicted octanol–water partition coefficient (Wildman–Crippen LogP) is 6.51. The number of nitrogens with one attached hydrogen (secondary N) is 6. The lowest BCUT2D eigenvalue weighted by molar-refractivity contribution is -0.124. The summed E-state index contributed by atoms with van der Waals surface area (Å²) in [6.07, 6.45) is 0. The van der Waals surface area contributed by atoms with Crippen LogP contribution in [0.3, 0.4) is 0 Å². The van der Waals surface area contributed by atoms with Crippen LogP contribution in [0.4, 0.5) is 0 Å². The van der Waals surface area contributed by atoms with E-state index in [9.17, 15) is 43.5 Å². The molecule has 4 rings (SSSR count). The first-order valence-electron chi connectivity index (χ1n) is 20.4. The largest absolute Gasteiger partial charge is 0.350 e. The molecule has 0 heterocycles. The molecule has 0 saturated heterocycles. The van der Waals surface area contributed by atoms with Gasteiger partial charge in [0.05, 0.1) is 14.2 Å². The van der Waals surface area contributed by atoms with Crippen LogP contribution in [0.1, 0.15) is 89.3 Å². The highest BCUT2D eigenvalue weighted by Gasteiger charge is 2.41. The SMILES string of the molecule is CC(C)(SN=O)C(NC(=O)c1cc(C(=O)NC(C(=O)NCc2ccccc2)C(C)(C)SN=O)cc(C(=O)NC(C(=O)NCc2ccccc2)C(C)(C)SN=O)c1)C(=O)NCc1ccccc1. The molecule has 3 atom stereocenters. The Kier molecular flexibility index (Phi) is 19.1. The van der Waals surface area contributed by atoms with E-state index in [2.05, 4.69) is 45.6 Å². The van der Waals surface area contributed by atoms with Crippen LogP contribution >= 0.6 is 35.8 Å². The number of amides is 6. The van der Waals surface area contributed by atoms with Gasteiger partial charge in [-0.3, -0.25) is 28.8 Å². The number of carbonyl (C=O) groups is 6. The number of rotatable bonds is 24. The molecule has 66 heavy (non-hydrogen) atoms. The third-order valence-electron chi connectivity index (χ3n) is 10.2. The molecule has 0 radical (unpaired) electrons. The van der Waals surface area contributed by atoms with Gasteiger partial charge < -0.3 is 31.9 Å². The van der Waals surface area contributed by atoms with Gasteiger partial charge in [0.2, 0.25) is 17.7 Å². The molecule has 6 amide bonds. The van der Waals surface area contributed by atoms with Crippen molar-refractivity contribution in [2.45, 2.75) is 93.5 Å². The van der Waals surface area contributed by atoms with Crippen LogP contribution in [-0.2, 0) is 34.0 Å². The molecule has 4 aromatic carbocycles. The van der Waals surface area contributed by atoms with Gasteiger partial charge >= 0.3 is 0 Å². The van der Waals surface area contributed by atoms with Gasteiger partial charge in [0.1, 0.15) is 18.1 Å². The highest BCUT2D eigenvalue weighted by atomic mass is 32.2. The van der Waals surface area contributed by atoms with Gasteiger partial charge in [-0.2, -0.15) is 0 Å². The van der Waals surface area contributed by atoms with E-state index in [-0.39, 0.29) is 36.3 Å². The van der Waals surface area contributed by atoms with Crippen LogP contribution in [-0.4, -0.2) is 67.8 Å². The van der Waals surface area contributed by atoms with Gasteiger partial charge in [0.15, 0.2) is 0 Å². The van der Waals surface area contributed by atoms with Crippen molar-refractivity contribution >= 4 is 71.3 Å². The number of hydrogen-bond donors (Lipinski definition) is 6. The maximum absolute atomic E-state index is 14.3. The molecule has 3 unspecified atom stereocenters. The summed E-state index contributed by atoms with van der Waals surface area (Å²) < 4.78 is 4.70. The Balaban J connectivity index is 1.77. The third-order valence-corrected chi connectivity index (χ3v) is 12.5. The third kappa shape index (κ3) is 15.1. The summed E-state index contributed by atoms with van der Waals surface area (Å²) in [5.41, 5.74) is 1.28. The van der Waals surface area contributed by atoms with Crippen LogP contribution in [0.2, 0.25) is 0 Å². The zero-order valence-electron chi connectivity index (χ0n) is 37.0. The maximum atomic E-state index is 14.3. The van der Waals surface area contributed by atoms with Gasteiger partial charge in [-0.05, 0) is 76.4 Å². The van der Waals surface area contributed by atoms with Gasteiger partial charge in [0, 0.05) is 85.9 Å². The molecule has 6 N–H and O–H groups in total. The maximum Gasteiger partial charge on any atom is 0.252 e. The second kappa shape index (κ2) is 24.2. The lowest BCUT2D eigenvalue weighted by Crippen LogP contribution is -2.57. The Morgan fingerprint density at radius 2 is 0.652 bits per heavy atom. The molecular formula is C45H51N9O9S3. The first kappa shape index (κ1) is 52.2. The van der Waals surface area contributed by atoms with E-state index in [0.29, 0.717) is 35.8 Å². The summed E-state index contributed by atoms with van der Waals surface area (Å²) >= 11 is 1.52. The fourth-order valence-corrected chi connectivity index (χ4v) is 7.83. The summed E-state index contributed by atoms with van der Waals surface area (Å²) in [4.78, 5) is 119. The van der Waals surface area contributed by atoms with Crippen molar-refractivity contribution in [1.82, 2.24) is 31.9 Å². The summed E-state index contributed by atoms with van der Waals surface area (Å²) in [6.45, 7) is 9.32. The fourth-order valence-electron chi connectivity index (χ4n) is 6.44. The summed E-state index contributed by atoms with van der Waals surface area (Å²) in [7, 11) is 0. The monoisotopic (exact) mass is 957 g/mol. The van der Waals surface area contributed by atoms with E-state index in [1.54, 1.807) is 91.0 Å². The normalized spacial score (nSPS) is 12.8. The summed E-state index contributed by atoms with van der Waals surface area (Å²) in [6, 6.07) is 25.9. The average molecular weight is 958 g/mol. The van der Waals surface area contributed by atoms with E-state index < -0.39 is 67.8 Å². The summed E-state index contributed by atoms with van der Waals surface area (Å²) in [5, 5.41) is 16.2. The molecular weight excluding hydrogens is 907 g/mol. The van der Waals surface area contributed by atoms with Gasteiger partial charge in [-0.25, -0.2) is 0 Å². The molecule has 0 aromatic heterocycles. The highest BCUT2D eigenvalue weighted by Crippen LogP contribution is 2.32. The number of carbonyl (C=O) groups excluding carboxylic acids is 6. The van der Waals surface area contributed by atoms with Crippen molar-refractivity contribution in [3.8, 4) is 0 Å². The molecule has 0 spiro atoms. The Labute approximate surface area is 394 Å². The topological polar surface area (TPSA) is 263 Å². The van der Waals surface area contributed by atoms with Crippen molar-refractivity contribution in [1.29, 1.82) is 0 Å². The van der Waals surface area contributed by atoms with Crippen LogP contribution in [0.5, 0.6) is 0 Å². The predicted molar refractivity (Wildman–Crippen MR) is 257 cm³/mol. The minimum atomic E-state index is -1.41. The molecule has 0 aliphatic carbocycles. The lowest BCUT2D eigenvalue weighted by Gasteiger charge is -2.31. The molecule has 18 nitrogen and oxygen atoms in total. The lowest BCUT2D eigenvalue weighted by atomic mass is 9.98. The highest BCUT2D eigenvalue weighted by molar-refractivity contribution is 7.99. The second-order valence-corrected chi connectivity index (χ2v) is 20.6. The molecule has 0 aliphatic heterocycles. The fraction of sp³-hybridized carbons (Fsp3) is 0.333. The van der Waals surface area contributed by atoms with E-state index in [1.165, 1.54) is 41.5 Å². The zero-order valence-corrected chi connectivity index (χ0v) is 39.4. The molecule has 21 heteroatoms. The van der Waals surface area contributed by atoms with Crippen molar-refractivity contribution in [3.63, 3.8) is 0 Å². The van der Waals surface area contributed by atoms with E-state index in [1.807, 2.05) is 0 Å². The smallest absolute Gasteiger partial charge is 0.252 e. The Morgan fingerprint density at radius 3 is 0.864 bits per heavy atom. The van der Waals surface area contributed by atoms with Crippen molar-refractivity contribution < 1.29 is 28.8 Å². The number of nitroso groups, excluding NO2 is 3. The molecule has 0 saturated carbocycles. The van der Waals surface area contributed by atoms with Crippen molar-refractivity contribution in [2.24, 2.45) is 13.7 Å². The molecule has 0 bridgehead atoms. The Morgan fingerprint density at radius 1 is 0.424 bits per heavy atom. The number of nitrogens with zero attached hydrogens (tertiary/aromatic N) is 3. The zero-order chi connectivity index (χ0) is 48.5. The van der Waals surface area contributed by atoms with E-state index in [0.717, 1.165) is 34.9 Å². The molecule has 348 valence electrons. The minimum Gasteiger partial charge on any atom is -0.350 e. The summed E-state index contributed by atoms with van der Waals surface area (Å²) in [5.74, 6) is -4.93. The van der Waals surface area contributed by atoms with Gasteiger partial charge in [-0.15, -0.1) is 14.7 Å². The van der Waals surface area contributed by atoms with E-state index in [4.69, 9.17) is 0 Å². The van der Waals surface area contributed by atoms with Crippen molar-refractivity contribution in [2.75, 3.05) is 0 Å².